The Labute approximate surface area is 68.5 Å². The van der Waals surface area contributed by atoms with Crippen molar-refractivity contribution >= 4 is 15.3 Å². The molecule has 4 heteroatoms. The van der Waals surface area contributed by atoms with Crippen LogP contribution in [0.1, 0.15) is 26.2 Å². The minimum absolute atomic E-state index is 0.124. The van der Waals surface area contributed by atoms with E-state index in [1.54, 1.807) is 6.92 Å². The molecule has 0 saturated carbocycles. The Morgan fingerprint density at radius 1 is 1.64 bits per heavy atom. The molecule has 0 aromatic rings. The van der Waals surface area contributed by atoms with Gasteiger partial charge in [0.05, 0.1) is 0 Å². The van der Waals surface area contributed by atoms with Gasteiger partial charge in [0.2, 0.25) is 0 Å². The zero-order chi connectivity index (χ0) is 8.10. The molecule has 1 fully saturated rings. The van der Waals surface area contributed by atoms with Crippen LogP contribution in [-0.4, -0.2) is 21.9 Å². The second-order valence-electron chi connectivity index (χ2n) is 2.51. The number of hydrogen-bond donors (Lipinski definition) is 0. The molecule has 3 nitrogen and oxygen atoms in total. The minimum Gasteiger partial charge on any atom is -0.492 e. The standard InChI is InChI=1S/C7H13O3Si/c1-2-7(8)10-11-6-4-3-5-9-11/h2-6H2,1H3. The maximum absolute atomic E-state index is 10.8. The van der Waals surface area contributed by atoms with Crippen molar-refractivity contribution < 1.29 is 13.6 Å². The lowest BCUT2D eigenvalue weighted by Gasteiger charge is -2.18. The molecule has 0 aromatic heterocycles. The van der Waals surface area contributed by atoms with Crippen molar-refractivity contribution in [2.75, 3.05) is 6.61 Å². The zero-order valence-corrected chi connectivity index (χ0v) is 7.76. The highest BCUT2D eigenvalue weighted by atomic mass is 28.3. The Kier molecular flexibility index (Phi) is 3.58. The van der Waals surface area contributed by atoms with E-state index in [1.165, 1.54) is 0 Å². The first-order chi connectivity index (χ1) is 5.33. The Bertz CT molecular complexity index is 132. The maximum atomic E-state index is 10.8. The van der Waals surface area contributed by atoms with E-state index < -0.39 is 9.28 Å². The van der Waals surface area contributed by atoms with Crippen LogP contribution < -0.4 is 0 Å². The lowest BCUT2D eigenvalue weighted by Crippen LogP contribution is -2.29. The van der Waals surface area contributed by atoms with Crippen LogP contribution in [0.25, 0.3) is 0 Å². The largest absolute Gasteiger partial charge is 0.492 e. The van der Waals surface area contributed by atoms with Crippen LogP contribution in [0.15, 0.2) is 0 Å². The van der Waals surface area contributed by atoms with Crippen molar-refractivity contribution in [3.05, 3.63) is 0 Å². The maximum Gasteiger partial charge on any atom is 0.459 e. The summed E-state index contributed by atoms with van der Waals surface area (Å²) in [6, 6.07) is 0.955. The molecule has 0 N–H and O–H groups in total. The van der Waals surface area contributed by atoms with Crippen molar-refractivity contribution in [1.82, 2.24) is 0 Å². The Balaban J connectivity index is 2.19. The molecule has 1 rings (SSSR count). The van der Waals surface area contributed by atoms with E-state index in [1.807, 2.05) is 0 Å². The van der Waals surface area contributed by atoms with Crippen LogP contribution in [-0.2, 0) is 13.6 Å². The number of carbonyl (C=O) groups is 1. The molecule has 0 unspecified atom stereocenters. The first-order valence-corrected chi connectivity index (χ1v) is 5.54. The highest BCUT2D eigenvalue weighted by molar-refractivity contribution is 6.46. The lowest BCUT2D eigenvalue weighted by atomic mass is 10.4. The first kappa shape index (κ1) is 8.74. The van der Waals surface area contributed by atoms with Crippen molar-refractivity contribution in [1.29, 1.82) is 0 Å². The molecule has 0 amide bonds. The second-order valence-corrected chi connectivity index (χ2v) is 4.24. The Morgan fingerprint density at radius 2 is 2.45 bits per heavy atom. The lowest BCUT2D eigenvalue weighted by molar-refractivity contribution is -0.135. The average molecular weight is 173 g/mol. The summed E-state index contributed by atoms with van der Waals surface area (Å²) in [4.78, 5) is 10.8. The highest BCUT2D eigenvalue weighted by Crippen LogP contribution is 2.11. The van der Waals surface area contributed by atoms with E-state index >= 15 is 0 Å². The first-order valence-electron chi connectivity index (χ1n) is 4.02. The third-order valence-corrected chi connectivity index (χ3v) is 3.30. The van der Waals surface area contributed by atoms with E-state index in [4.69, 9.17) is 8.85 Å². The normalized spacial score (nSPS) is 19.7. The summed E-state index contributed by atoms with van der Waals surface area (Å²) >= 11 is 0. The average Bonchev–Trinajstić information content (AvgIpc) is 2.06. The van der Waals surface area contributed by atoms with E-state index in [2.05, 4.69) is 0 Å². The van der Waals surface area contributed by atoms with E-state index in [9.17, 15) is 4.79 Å². The van der Waals surface area contributed by atoms with Gasteiger partial charge in [0.1, 0.15) is 0 Å². The topological polar surface area (TPSA) is 35.5 Å². The van der Waals surface area contributed by atoms with Crippen molar-refractivity contribution in [2.24, 2.45) is 0 Å². The SMILES string of the molecule is CCC(=O)O[Si]1CCCCO1. The molecule has 0 bridgehead atoms. The van der Waals surface area contributed by atoms with Crippen LogP contribution in [0.5, 0.6) is 0 Å². The second kappa shape index (κ2) is 4.51. The summed E-state index contributed by atoms with van der Waals surface area (Å²) < 4.78 is 10.4. The summed E-state index contributed by atoms with van der Waals surface area (Å²) in [7, 11) is -1.21. The summed E-state index contributed by atoms with van der Waals surface area (Å²) in [6.45, 7) is 2.57. The zero-order valence-electron chi connectivity index (χ0n) is 6.76. The van der Waals surface area contributed by atoms with Gasteiger partial charge >= 0.3 is 9.28 Å². The summed E-state index contributed by atoms with van der Waals surface area (Å²) in [5.74, 6) is -0.124. The van der Waals surface area contributed by atoms with Crippen molar-refractivity contribution in [3.8, 4) is 0 Å². The Morgan fingerprint density at radius 3 is 3.00 bits per heavy atom. The van der Waals surface area contributed by atoms with Crippen LogP contribution in [0, 0.1) is 0 Å². The molecular formula is C7H13O3Si. The molecule has 1 aliphatic rings. The number of rotatable bonds is 2. The predicted octanol–water partition coefficient (Wildman–Crippen LogP) is 1.24. The van der Waals surface area contributed by atoms with Crippen molar-refractivity contribution in [2.45, 2.75) is 32.2 Å². The molecule has 1 aliphatic heterocycles. The smallest absolute Gasteiger partial charge is 0.459 e. The molecule has 63 valence electrons. The van der Waals surface area contributed by atoms with E-state index in [-0.39, 0.29) is 5.97 Å². The van der Waals surface area contributed by atoms with Crippen LogP contribution >= 0.6 is 0 Å². The number of carbonyl (C=O) groups excluding carboxylic acids is 1. The van der Waals surface area contributed by atoms with Crippen molar-refractivity contribution in [3.63, 3.8) is 0 Å². The Hall–Kier alpha value is -0.353. The van der Waals surface area contributed by atoms with Gasteiger partial charge in [0.15, 0.2) is 0 Å². The molecule has 0 atom stereocenters. The number of hydrogen-bond acceptors (Lipinski definition) is 3. The molecule has 0 spiro atoms. The van der Waals surface area contributed by atoms with Gasteiger partial charge in [-0.05, 0) is 12.8 Å². The van der Waals surface area contributed by atoms with Gasteiger partial charge < -0.3 is 8.85 Å². The van der Waals surface area contributed by atoms with E-state index in [0.717, 1.165) is 25.5 Å². The highest BCUT2D eigenvalue weighted by Gasteiger charge is 2.23. The quantitative estimate of drug-likeness (QED) is 0.589. The molecule has 1 saturated heterocycles. The fraction of sp³-hybridized carbons (Fsp3) is 0.857. The van der Waals surface area contributed by atoms with Gasteiger partial charge in [-0.15, -0.1) is 0 Å². The summed E-state index contributed by atoms with van der Waals surface area (Å²) in [6.07, 6.45) is 2.71. The van der Waals surface area contributed by atoms with Crippen LogP contribution in [0.2, 0.25) is 6.04 Å². The van der Waals surface area contributed by atoms with Gasteiger partial charge in [-0.1, -0.05) is 6.92 Å². The molecule has 1 heterocycles. The third kappa shape index (κ3) is 3.03. The monoisotopic (exact) mass is 173 g/mol. The van der Waals surface area contributed by atoms with Crippen LogP contribution in [0.3, 0.4) is 0 Å². The van der Waals surface area contributed by atoms with Crippen LogP contribution in [0.4, 0.5) is 0 Å². The fourth-order valence-corrected chi connectivity index (χ4v) is 2.52. The molecule has 0 aliphatic carbocycles. The molecule has 1 radical (unpaired) electrons. The van der Waals surface area contributed by atoms with Gasteiger partial charge in [-0.3, -0.25) is 4.79 Å². The summed E-state index contributed by atoms with van der Waals surface area (Å²) in [5.41, 5.74) is 0. The summed E-state index contributed by atoms with van der Waals surface area (Å²) in [5, 5.41) is 0. The fourth-order valence-electron chi connectivity index (χ4n) is 0.909. The van der Waals surface area contributed by atoms with Gasteiger partial charge in [0.25, 0.3) is 5.97 Å². The molecule has 11 heavy (non-hydrogen) atoms. The van der Waals surface area contributed by atoms with Gasteiger partial charge in [0, 0.05) is 19.1 Å². The van der Waals surface area contributed by atoms with Gasteiger partial charge in [-0.2, -0.15) is 0 Å². The predicted molar refractivity (Wildman–Crippen MR) is 42.1 cm³/mol. The van der Waals surface area contributed by atoms with Gasteiger partial charge in [-0.25, -0.2) is 0 Å². The third-order valence-electron chi connectivity index (χ3n) is 1.55. The minimum atomic E-state index is -1.21. The van der Waals surface area contributed by atoms with E-state index in [0.29, 0.717) is 6.42 Å². The molecular weight excluding hydrogens is 160 g/mol. The molecule has 0 aromatic carbocycles.